The van der Waals surface area contributed by atoms with Crippen molar-refractivity contribution in [1.29, 1.82) is 0 Å². The predicted molar refractivity (Wildman–Crippen MR) is 58.9 cm³/mol. The Hall–Kier alpha value is -0.160. The molecule has 3 atom stereocenters. The van der Waals surface area contributed by atoms with Crippen LogP contribution in [0.1, 0.15) is 12.8 Å². The number of likely N-dealkylation sites (N-methyl/N-ethyl adjacent to an activating group) is 1. The zero-order valence-corrected chi connectivity index (χ0v) is 9.72. The van der Waals surface area contributed by atoms with Crippen LogP contribution in [0.2, 0.25) is 0 Å². The molecule has 2 aliphatic heterocycles. The number of hydrogen-bond donors (Lipinski definition) is 1. The minimum atomic E-state index is -0.143. The van der Waals surface area contributed by atoms with Gasteiger partial charge in [0.05, 0.1) is 12.7 Å². The summed E-state index contributed by atoms with van der Waals surface area (Å²) >= 11 is 0. The number of β-amino-alcohol motifs (C(OH)–C–C–N with tert-alkyl or cyclic N) is 1. The van der Waals surface area contributed by atoms with Crippen molar-refractivity contribution in [2.45, 2.75) is 31.0 Å². The molecule has 0 amide bonds. The normalized spacial score (nSPS) is 38.0. The van der Waals surface area contributed by atoms with Crippen molar-refractivity contribution in [3.63, 3.8) is 0 Å². The van der Waals surface area contributed by atoms with Crippen molar-refractivity contribution < 1.29 is 9.84 Å². The van der Waals surface area contributed by atoms with Crippen LogP contribution in [0.25, 0.3) is 0 Å². The molecule has 3 unspecified atom stereocenters. The lowest BCUT2D eigenvalue weighted by atomic mass is 10.1. The Morgan fingerprint density at radius 3 is 2.87 bits per heavy atom. The number of aliphatic hydroxyl groups is 1. The van der Waals surface area contributed by atoms with Gasteiger partial charge in [-0.1, -0.05) is 0 Å². The summed E-state index contributed by atoms with van der Waals surface area (Å²) in [5.74, 6) is 0. The SMILES string of the molecule is CN(C)CC1CC(O)CN1C1CCOC1. The van der Waals surface area contributed by atoms with Gasteiger partial charge in [0, 0.05) is 31.8 Å². The second kappa shape index (κ2) is 4.78. The third-order valence-electron chi connectivity index (χ3n) is 3.39. The Morgan fingerprint density at radius 2 is 2.27 bits per heavy atom. The molecule has 2 saturated heterocycles. The van der Waals surface area contributed by atoms with Crippen molar-refractivity contribution in [3.05, 3.63) is 0 Å². The first-order valence-electron chi connectivity index (χ1n) is 5.83. The fraction of sp³-hybridized carbons (Fsp3) is 1.00. The van der Waals surface area contributed by atoms with Gasteiger partial charge in [-0.2, -0.15) is 0 Å². The van der Waals surface area contributed by atoms with E-state index in [9.17, 15) is 5.11 Å². The maximum Gasteiger partial charge on any atom is 0.0682 e. The first-order chi connectivity index (χ1) is 7.16. The predicted octanol–water partition coefficient (Wildman–Crippen LogP) is -0.228. The van der Waals surface area contributed by atoms with Crippen LogP contribution in [-0.2, 0) is 4.74 Å². The summed E-state index contributed by atoms with van der Waals surface area (Å²) in [6.07, 6.45) is 1.89. The Balaban J connectivity index is 1.94. The van der Waals surface area contributed by atoms with Crippen LogP contribution in [-0.4, -0.2) is 73.5 Å². The molecule has 0 aliphatic carbocycles. The van der Waals surface area contributed by atoms with Gasteiger partial charge in [-0.3, -0.25) is 4.90 Å². The fourth-order valence-electron chi connectivity index (χ4n) is 2.75. The van der Waals surface area contributed by atoms with Crippen LogP contribution in [0, 0.1) is 0 Å². The molecule has 2 rings (SSSR count). The van der Waals surface area contributed by atoms with E-state index in [-0.39, 0.29) is 6.10 Å². The van der Waals surface area contributed by atoms with Gasteiger partial charge in [-0.25, -0.2) is 0 Å². The molecule has 2 fully saturated rings. The molecule has 4 heteroatoms. The smallest absolute Gasteiger partial charge is 0.0682 e. The van der Waals surface area contributed by atoms with Gasteiger partial charge in [0.25, 0.3) is 0 Å². The van der Waals surface area contributed by atoms with E-state index in [1.54, 1.807) is 0 Å². The second-order valence-corrected chi connectivity index (χ2v) is 5.02. The lowest BCUT2D eigenvalue weighted by Crippen LogP contribution is -2.44. The minimum absolute atomic E-state index is 0.143. The van der Waals surface area contributed by atoms with Gasteiger partial charge < -0.3 is 14.7 Å². The highest BCUT2D eigenvalue weighted by molar-refractivity contribution is 4.91. The zero-order valence-electron chi connectivity index (χ0n) is 9.72. The van der Waals surface area contributed by atoms with Gasteiger partial charge in [0.2, 0.25) is 0 Å². The molecule has 4 nitrogen and oxygen atoms in total. The number of ether oxygens (including phenoxy) is 1. The maximum atomic E-state index is 9.74. The molecular formula is C11H22N2O2. The molecule has 0 bridgehead atoms. The highest BCUT2D eigenvalue weighted by Gasteiger charge is 2.36. The van der Waals surface area contributed by atoms with Crippen molar-refractivity contribution in [3.8, 4) is 0 Å². The number of likely N-dealkylation sites (tertiary alicyclic amines) is 1. The molecule has 0 radical (unpaired) electrons. The molecule has 88 valence electrons. The van der Waals surface area contributed by atoms with Gasteiger partial charge in [0.1, 0.15) is 0 Å². The Labute approximate surface area is 91.8 Å². The molecule has 0 aromatic heterocycles. The molecule has 15 heavy (non-hydrogen) atoms. The number of nitrogens with zero attached hydrogens (tertiary/aromatic N) is 2. The van der Waals surface area contributed by atoms with Crippen LogP contribution >= 0.6 is 0 Å². The zero-order chi connectivity index (χ0) is 10.8. The molecule has 2 heterocycles. The maximum absolute atomic E-state index is 9.74. The summed E-state index contributed by atoms with van der Waals surface area (Å²) in [4.78, 5) is 4.64. The summed E-state index contributed by atoms with van der Waals surface area (Å²) in [5, 5.41) is 9.74. The van der Waals surface area contributed by atoms with Crippen molar-refractivity contribution >= 4 is 0 Å². The van der Waals surface area contributed by atoms with Gasteiger partial charge >= 0.3 is 0 Å². The molecule has 0 spiro atoms. The first-order valence-corrected chi connectivity index (χ1v) is 5.83. The topological polar surface area (TPSA) is 35.9 Å². The molecule has 0 aromatic carbocycles. The van der Waals surface area contributed by atoms with Gasteiger partial charge in [-0.05, 0) is 26.9 Å². The van der Waals surface area contributed by atoms with Crippen LogP contribution in [0.5, 0.6) is 0 Å². The summed E-state index contributed by atoms with van der Waals surface area (Å²) in [7, 11) is 4.18. The first kappa shape index (κ1) is 11.3. The van der Waals surface area contributed by atoms with E-state index >= 15 is 0 Å². The van der Waals surface area contributed by atoms with E-state index in [0.717, 1.165) is 39.1 Å². The highest BCUT2D eigenvalue weighted by Crippen LogP contribution is 2.24. The van der Waals surface area contributed by atoms with Gasteiger partial charge in [0.15, 0.2) is 0 Å². The molecule has 2 aliphatic rings. The summed E-state index contributed by atoms with van der Waals surface area (Å²) < 4.78 is 5.42. The van der Waals surface area contributed by atoms with E-state index < -0.39 is 0 Å². The van der Waals surface area contributed by atoms with Gasteiger partial charge in [-0.15, -0.1) is 0 Å². The van der Waals surface area contributed by atoms with Crippen LogP contribution < -0.4 is 0 Å². The van der Waals surface area contributed by atoms with Crippen LogP contribution in [0.4, 0.5) is 0 Å². The lowest BCUT2D eigenvalue weighted by Gasteiger charge is -2.30. The summed E-state index contributed by atoms with van der Waals surface area (Å²) in [6, 6.07) is 1.04. The number of aliphatic hydroxyl groups excluding tert-OH is 1. The van der Waals surface area contributed by atoms with Crippen molar-refractivity contribution in [2.24, 2.45) is 0 Å². The summed E-state index contributed by atoms with van der Waals surface area (Å²) in [6.45, 7) is 3.59. The molecule has 0 saturated carbocycles. The number of rotatable bonds is 3. The standard InChI is InChI=1S/C11H22N2O2/c1-12(2)6-10-5-11(14)7-13(10)9-3-4-15-8-9/h9-11,14H,3-8H2,1-2H3. The van der Waals surface area contributed by atoms with E-state index in [2.05, 4.69) is 23.9 Å². The van der Waals surface area contributed by atoms with Crippen LogP contribution in [0.15, 0.2) is 0 Å². The highest BCUT2D eigenvalue weighted by atomic mass is 16.5. The largest absolute Gasteiger partial charge is 0.392 e. The Bertz CT molecular complexity index is 205. The number of hydrogen-bond acceptors (Lipinski definition) is 4. The Morgan fingerprint density at radius 1 is 1.47 bits per heavy atom. The minimum Gasteiger partial charge on any atom is -0.392 e. The van der Waals surface area contributed by atoms with Crippen molar-refractivity contribution in [2.75, 3.05) is 40.4 Å². The van der Waals surface area contributed by atoms with Crippen LogP contribution in [0.3, 0.4) is 0 Å². The Kier molecular flexibility index (Phi) is 3.61. The van der Waals surface area contributed by atoms with E-state index in [1.165, 1.54) is 0 Å². The quantitative estimate of drug-likeness (QED) is 0.704. The van der Waals surface area contributed by atoms with E-state index in [0.29, 0.717) is 12.1 Å². The average molecular weight is 214 g/mol. The second-order valence-electron chi connectivity index (χ2n) is 5.02. The average Bonchev–Trinajstić information content (AvgIpc) is 2.72. The molecular weight excluding hydrogens is 192 g/mol. The molecule has 0 aromatic rings. The third-order valence-corrected chi connectivity index (χ3v) is 3.39. The van der Waals surface area contributed by atoms with E-state index in [4.69, 9.17) is 4.74 Å². The monoisotopic (exact) mass is 214 g/mol. The third kappa shape index (κ3) is 2.69. The molecule has 1 N–H and O–H groups in total. The van der Waals surface area contributed by atoms with E-state index in [1.807, 2.05) is 0 Å². The summed E-state index contributed by atoms with van der Waals surface area (Å²) in [5.41, 5.74) is 0. The lowest BCUT2D eigenvalue weighted by molar-refractivity contribution is 0.114. The van der Waals surface area contributed by atoms with Crippen molar-refractivity contribution in [1.82, 2.24) is 9.80 Å². The fourth-order valence-corrected chi connectivity index (χ4v) is 2.75.